The van der Waals surface area contributed by atoms with Crippen LogP contribution in [0.3, 0.4) is 0 Å². The molecule has 0 radical (unpaired) electrons. The van der Waals surface area contributed by atoms with E-state index in [9.17, 15) is 4.39 Å². The van der Waals surface area contributed by atoms with Gasteiger partial charge < -0.3 is 0 Å². The van der Waals surface area contributed by atoms with Crippen LogP contribution in [0.15, 0.2) is 48.5 Å². The Balaban J connectivity index is 1.63. The molecule has 1 aliphatic rings. The molecule has 2 heterocycles. The maximum Gasteiger partial charge on any atom is 0.123 e. The van der Waals surface area contributed by atoms with E-state index in [0.717, 1.165) is 19.3 Å². The Morgan fingerprint density at radius 1 is 1.11 bits per heavy atom. The molecule has 0 saturated heterocycles. The fraction of sp³-hybridized carbons (Fsp3) is 0.417. The predicted octanol–water partition coefficient (Wildman–Crippen LogP) is 7.02. The normalized spacial score (nSPS) is 19.0. The zero-order valence-corrected chi connectivity index (χ0v) is 18.5. The number of thiophene rings is 1. The summed E-state index contributed by atoms with van der Waals surface area (Å²) in [6.45, 7) is 2.25. The molecule has 148 valence electrons. The highest BCUT2D eigenvalue weighted by atomic mass is 32.2. The number of halogens is 1. The van der Waals surface area contributed by atoms with Gasteiger partial charge in [-0.25, -0.2) is 4.39 Å². The van der Waals surface area contributed by atoms with Crippen LogP contribution in [-0.4, -0.2) is 24.7 Å². The lowest BCUT2D eigenvalue weighted by Crippen LogP contribution is -2.41. The number of thioether (sulfide) groups is 1. The van der Waals surface area contributed by atoms with Crippen LogP contribution < -0.4 is 0 Å². The largest absolute Gasteiger partial charge is 0.300 e. The van der Waals surface area contributed by atoms with Gasteiger partial charge in [-0.3, -0.25) is 4.90 Å². The topological polar surface area (TPSA) is 3.24 Å². The van der Waals surface area contributed by atoms with Gasteiger partial charge >= 0.3 is 0 Å². The Morgan fingerprint density at radius 2 is 1.86 bits per heavy atom. The number of hydrogen-bond donors (Lipinski definition) is 0. The summed E-state index contributed by atoms with van der Waals surface area (Å²) in [5.41, 5.74) is 2.75. The third-order valence-electron chi connectivity index (χ3n) is 6.34. The molecule has 28 heavy (non-hydrogen) atoms. The summed E-state index contributed by atoms with van der Waals surface area (Å²) in [6.07, 6.45) is 4.43. The van der Waals surface area contributed by atoms with Crippen molar-refractivity contribution in [2.24, 2.45) is 0 Å². The van der Waals surface area contributed by atoms with E-state index in [4.69, 9.17) is 0 Å². The quantitative estimate of drug-likeness (QED) is 0.427. The molecule has 1 nitrogen and oxygen atoms in total. The summed E-state index contributed by atoms with van der Waals surface area (Å²) >= 11 is 4.10. The fourth-order valence-corrected chi connectivity index (χ4v) is 7.48. The van der Waals surface area contributed by atoms with Crippen molar-refractivity contribution in [2.45, 2.75) is 43.4 Å². The van der Waals surface area contributed by atoms with Crippen molar-refractivity contribution < 1.29 is 4.39 Å². The fourth-order valence-electron chi connectivity index (χ4n) is 4.68. The molecule has 0 spiro atoms. The summed E-state index contributed by atoms with van der Waals surface area (Å²) in [5.74, 6) is 1.04. The number of hydrogen-bond acceptors (Lipinski definition) is 3. The number of rotatable bonds is 6. The SMILES string of the molecule is CCC(CCC1SCCc2c1sc1ccccc21)(c1ccc(F)cc1)N(C)C. The average molecular weight is 414 g/mol. The van der Waals surface area contributed by atoms with Crippen LogP contribution >= 0.6 is 23.1 Å². The lowest BCUT2D eigenvalue weighted by molar-refractivity contribution is 0.129. The molecule has 1 aromatic heterocycles. The Kier molecular flexibility index (Phi) is 5.82. The first-order valence-corrected chi connectivity index (χ1v) is 12.0. The van der Waals surface area contributed by atoms with Gasteiger partial charge in [0.25, 0.3) is 0 Å². The maximum atomic E-state index is 13.5. The molecule has 0 amide bonds. The van der Waals surface area contributed by atoms with Gasteiger partial charge in [-0.15, -0.1) is 11.3 Å². The van der Waals surface area contributed by atoms with Gasteiger partial charge in [0.15, 0.2) is 0 Å². The van der Waals surface area contributed by atoms with Crippen LogP contribution in [0.25, 0.3) is 10.1 Å². The number of nitrogens with zero attached hydrogens (tertiary/aromatic N) is 1. The van der Waals surface area contributed by atoms with Crippen LogP contribution in [0.5, 0.6) is 0 Å². The van der Waals surface area contributed by atoms with Crippen molar-refractivity contribution in [3.05, 3.63) is 70.4 Å². The van der Waals surface area contributed by atoms with Gasteiger partial charge in [0.05, 0.1) is 0 Å². The van der Waals surface area contributed by atoms with Crippen molar-refractivity contribution in [1.29, 1.82) is 0 Å². The molecule has 0 aliphatic carbocycles. The van der Waals surface area contributed by atoms with Crippen LogP contribution in [0.1, 0.15) is 47.4 Å². The second-order valence-corrected chi connectivity index (χ2v) is 10.3. The Bertz CT molecular complexity index is 947. The molecular weight excluding hydrogens is 385 g/mol. The smallest absolute Gasteiger partial charge is 0.123 e. The molecule has 1 aliphatic heterocycles. The van der Waals surface area contributed by atoms with Crippen molar-refractivity contribution >= 4 is 33.2 Å². The second-order valence-electron chi connectivity index (χ2n) is 7.88. The van der Waals surface area contributed by atoms with E-state index in [2.05, 4.69) is 61.9 Å². The summed E-state index contributed by atoms with van der Waals surface area (Å²) in [4.78, 5) is 3.92. The van der Waals surface area contributed by atoms with E-state index in [-0.39, 0.29) is 11.4 Å². The number of aryl methyl sites for hydroxylation is 1. The van der Waals surface area contributed by atoms with Gasteiger partial charge in [-0.2, -0.15) is 11.8 Å². The molecular formula is C24H28FNS2. The van der Waals surface area contributed by atoms with Gasteiger partial charge in [0, 0.05) is 20.4 Å². The van der Waals surface area contributed by atoms with E-state index < -0.39 is 0 Å². The minimum Gasteiger partial charge on any atom is -0.300 e. The van der Waals surface area contributed by atoms with Crippen molar-refractivity contribution in [3.63, 3.8) is 0 Å². The Hall–Kier alpha value is -1.36. The zero-order chi connectivity index (χ0) is 19.7. The second kappa shape index (κ2) is 8.17. The third-order valence-corrected chi connectivity index (χ3v) is 9.13. The van der Waals surface area contributed by atoms with E-state index in [1.54, 1.807) is 22.6 Å². The summed E-state index contributed by atoms with van der Waals surface area (Å²) in [5, 5.41) is 2.02. The third kappa shape index (κ3) is 3.51. The Labute approximate surface area is 176 Å². The highest BCUT2D eigenvalue weighted by molar-refractivity contribution is 7.99. The molecule has 2 atom stereocenters. The molecule has 3 aromatic rings. The lowest BCUT2D eigenvalue weighted by atomic mass is 9.81. The van der Waals surface area contributed by atoms with Gasteiger partial charge in [-0.05, 0) is 80.2 Å². The van der Waals surface area contributed by atoms with E-state index >= 15 is 0 Å². The average Bonchev–Trinajstić information content (AvgIpc) is 3.09. The molecule has 2 aromatic carbocycles. The van der Waals surface area contributed by atoms with E-state index in [1.807, 2.05) is 23.5 Å². The molecule has 0 bridgehead atoms. The maximum absolute atomic E-state index is 13.5. The first-order chi connectivity index (χ1) is 13.5. The molecule has 4 rings (SSSR count). The van der Waals surface area contributed by atoms with Gasteiger partial charge in [0.2, 0.25) is 0 Å². The Morgan fingerprint density at radius 3 is 2.57 bits per heavy atom. The highest BCUT2D eigenvalue weighted by Gasteiger charge is 2.35. The van der Waals surface area contributed by atoms with Gasteiger partial charge in [-0.1, -0.05) is 37.3 Å². The van der Waals surface area contributed by atoms with Crippen molar-refractivity contribution in [2.75, 3.05) is 19.8 Å². The zero-order valence-electron chi connectivity index (χ0n) is 16.9. The number of fused-ring (bicyclic) bond motifs is 3. The van der Waals surface area contributed by atoms with Crippen molar-refractivity contribution in [3.8, 4) is 0 Å². The summed E-state index contributed by atoms with van der Waals surface area (Å²) in [6, 6.07) is 16.0. The summed E-state index contributed by atoms with van der Waals surface area (Å²) in [7, 11) is 4.32. The molecule has 2 unspecified atom stereocenters. The first kappa shape index (κ1) is 19.9. The predicted molar refractivity (Wildman–Crippen MR) is 122 cm³/mol. The monoisotopic (exact) mass is 413 g/mol. The summed E-state index contributed by atoms with van der Waals surface area (Å²) < 4.78 is 14.9. The highest BCUT2D eigenvalue weighted by Crippen LogP contribution is 2.49. The molecule has 0 N–H and O–H groups in total. The lowest BCUT2D eigenvalue weighted by Gasteiger charge is -2.41. The minimum absolute atomic E-state index is 0.0530. The van der Waals surface area contributed by atoms with Crippen LogP contribution in [0.4, 0.5) is 4.39 Å². The van der Waals surface area contributed by atoms with Crippen LogP contribution in [0, 0.1) is 5.82 Å². The molecule has 0 fully saturated rings. The van der Waals surface area contributed by atoms with Crippen LogP contribution in [-0.2, 0) is 12.0 Å². The van der Waals surface area contributed by atoms with Crippen LogP contribution in [0.2, 0.25) is 0 Å². The standard InChI is InChI=1S/C24H28FNS2/c1-4-24(26(2)3,17-9-11-18(25)12-10-17)15-13-22-23-20(14-16-27-22)19-7-5-6-8-21(19)28-23/h5-12,22H,4,13-16H2,1-3H3. The number of benzene rings is 2. The minimum atomic E-state index is -0.162. The van der Waals surface area contributed by atoms with Crippen molar-refractivity contribution in [1.82, 2.24) is 4.90 Å². The molecule has 4 heteroatoms. The van der Waals surface area contributed by atoms with E-state index in [1.165, 1.54) is 27.8 Å². The van der Waals surface area contributed by atoms with E-state index in [0.29, 0.717) is 5.25 Å². The van der Waals surface area contributed by atoms with Gasteiger partial charge in [0.1, 0.15) is 5.82 Å². The first-order valence-electron chi connectivity index (χ1n) is 10.1. The molecule has 0 saturated carbocycles.